The van der Waals surface area contributed by atoms with Gasteiger partial charge >= 0.3 is 0 Å². The van der Waals surface area contributed by atoms with E-state index in [2.05, 4.69) is 11.8 Å². The number of carbonyl (C=O) groups excluding carboxylic acids is 1. The fraction of sp³-hybridized carbons (Fsp3) is 0.923. The van der Waals surface area contributed by atoms with Crippen LogP contribution in [0.2, 0.25) is 0 Å². The molecule has 5 nitrogen and oxygen atoms in total. The molecule has 3 heterocycles. The highest BCUT2D eigenvalue weighted by molar-refractivity contribution is 5.80. The van der Waals surface area contributed by atoms with E-state index < -0.39 is 0 Å². The molecule has 5 heteroatoms. The molecule has 18 heavy (non-hydrogen) atoms. The van der Waals surface area contributed by atoms with Crippen molar-refractivity contribution in [3.8, 4) is 0 Å². The van der Waals surface area contributed by atoms with Gasteiger partial charge in [0, 0.05) is 26.2 Å². The smallest absolute Gasteiger partial charge is 0.228 e. The molecule has 0 radical (unpaired) electrons. The van der Waals surface area contributed by atoms with E-state index >= 15 is 0 Å². The van der Waals surface area contributed by atoms with Crippen LogP contribution in [-0.2, 0) is 14.3 Å². The minimum absolute atomic E-state index is 0.0737. The molecule has 0 aromatic heterocycles. The Labute approximate surface area is 108 Å². The van der Waals surface area contributed by atoms with Crippen molar-refractivity contribution in [2.24, 2.45) is 5.92 Å². The first-order valence-electron chi connectivity index (χ1n) is 7.02. The lowest BCUT2D eigenvalue weighted by atomic mass is 9.98. The number of rotatable bonds is 2. The van der Waals surface area contributed by atoms with Gasteiger partial charge in [-0.15, -0.1) is 0 Å². The Kier molecular flexibility index (Phi) is 3.54. The molecule has 0 aliphatic carbocycles. The lowest BCUT2D eigenvalue weighted by Crippen LogP contribution is -2.48. The number of hydrogen-bond acceptors (Lipinski definition) is 4. The summed E-state index contributed by atoms with van der Waals surface area (Å²) in [4.78, 5) is 16.9. The molecule has 0 aromatic rings. The summed E-state index contributed by atoms with van der Waals surface area (Å²) in [6.45, 7) is 7.95. The van der Waals surface area contributed by atoms with Crippen LogP contribution in [0.5, 0.6) is 0 Å². The first kappa shape index (κ1) is 12.4. The van der Waals surface area contributed by atoms with Gasteiger partial charge in [-0.1, -0.05) is 6.92 Å². The molecule has 3 fully saturated rings. The molecule has 3 atom stereocenters. The van der Waals surface area contributed by atoms with Gasteiger partial charge in [-0.3, -0.25) is 9.69 Å². The Hall–Kier alpha value is -0.650. The molecule has 0 unspecified atom stereocenters. The van der Waals surface area contributed by atoms with Crippen molar-refractivity contribution >= 4 is 5.91 Å². The number of fused-ring (bicyclic) bond motifs is 2. The minimum Gasteiger partial charge on any atom is -0.378 e. The summed E-state index contributed by atoms with van der Waals surface area (Å²) >= 11 is 0. The van der Waals surface area contributed by atoms with E-state index in [0.29, 0.717) is 13.2 Å². The molecule has 0 spiro atoms. The van der Waals surface area contributed by atoms with E-state index in [4.69, 9.17) is 9.47 Å². The van der Waals surface area contributed by atoms with Gasteiger partial charge in [0.15, 0.2) is 0 Å². The van der Waals surface area contributed by atoms with Crippen molar-refractivity contribution in [2.45, 2.75) is 25.6 Å². The fourth-order valence-electron chi connectivity index (χ4n) is 3.27. The molecule has 3 aliphatic heterocycles. The highest BCUT2D eigenvalue weighted by Gasteiger charge is 2.45. The zero-order valence-corrected chi connectivity index (χ0v) is 11.0. The predicted octanol–water partition coefficient (Wildman–Crippen LogP) is -0.0456. The molecular weight excluding hydrogens is 232 g/mol. The summed E-state index contributed by atoms with van der Waals surface area (Å²) in [5, 5.41) is 0. The van der Waals surface area contributed by atoms with Crippen molar-refractivity contribution in [2.75, 3.05) is 45.9 Å². The Morgan fingerprint density at radius 2 is 2.06 bits per heavy atom. The summed E-state index contributed by atoms with van der Waals surface area (Å²) in [6, 6.07) is 0. The average Bonchev–Trinajstić information content (AvgIpc) is 2.73. The zero-order valence-electron chi connectivity index (χ0n) is 11.0. The van der Waals surface area contributed by atoms with Crippen LogP contribution in [0.1, 0.15) is 13.3 Å². The van der Waals surface area contributed by atoms with Gasteiger partial charge in [0.2, 0.25) is 5.91 Å². The molecule has 0 aromatic carbocycles. The third-order valence-electron chi connectivity index (χ3n) is 4.32. The lowest BCUT2D eigenvalue weighted by Gasteiger charge is -2.33. The van der Waals surface area contributed by atoms with E-state index in [1.165, 1.54) is 0 Å². The van der Waals surface area contributed by atoms with Gasteiger partial charge < -0.3 is 14.4 Å². The van der Waals surface area contributed by atoms with Crippen LogP contribution >= 0.6 is 0 Å². The number of nitrogens with zero attached hydrogens (tertiary/aromatic N) is 2. The average molecular weight is 254 g/mol. The second-order valence-electron chi connectivity index (χ2n) is 5.43. The molecular formula is C13H22N2O3. The third kappa shape index (κ3) is 2.27. The lowest BCUT2D eigenvalue weighted by molar-refractivity contribution is -0.142. The van der Waals surface area contributed by atoms with Gasteiger partial charge in [-0.25, -0.2) is 0 Å². The van der Waals surface area contributed by atoms with Crippen LogP contribution in [0, 0.1) is 5.92 Å². The Balaban J connectivity index is 1.64. The standard InChI is InChI=1S/C13H22N2O3/c1-2-14-8-10-7-11(12(9-14)18-10)13(16)15-3-5-17-6-4-15/h10-12H,2-9H2,1H3/t10-,11+,12-/m1/s1. The maximum atomic E-state index is 12.5. The van der Waals surface area contributed by atoms with Crippen LogP contribution in [0.15, 0.2) is 0 Å². The molecule has 102 valence electrons. The monoisotopic (exact) mass is 254 g/mol. The van der Waals surface area contributed by atoms with E-state index in [1.807, 2.05) is 4.90 Å². The van der Waals surface area contributed by atoms with Crippen molar-refractivity contribution in [1.82, 2.24) is 9.80 Å². The van der Waals surface area contributed by atoms with Crippen molar-refractivity contribution in [1.29, 1.82) is 0 Å². The molecule has 0 saturated carbocycles. The summed E-state index contributed by atoms with van der Waals surface area (Å²) in [5.41, 5.74) is 0. The number of amides is 1. The van der Waals surface area contributed by atoms with Gasteiger partial charge in [0.05, 0.1) is 31.3 Å². The molecule has 3 saturated heterocycles. The summed E-state index contributed by atoms with van der Waals surface area (Å²) in [7, 11) is 0. The van der Waals surface area contributed by atoms with Gasteiger partial charge in [0.1, 0.15) is 0 Å². The highest BCUT2D eigenvalue weighted by Crippen LogP contribution is 2.33. The first-order valence-corrected chi connectivity index (χ1v) is 7.02. The number of likely N-dealkylation sites (tertiary alicyclic amines) is 1. The maximum Gasteiger partial charge on any atom is 0.228 e. The molecule has 2 bridgehead atoms. The van der Waals surface area contributed by atoms with Gasteiger partial charge in [0.25, 0.3) is 0 Å². The first-order chi connectivity index (χ1) is 8.78. The second-order valence-corrected chi connectivity index (χ2v) is 5.43. The predicted molar refractivity (Wildman–Crippen MR) is 66.3 cm³/mol. The second kappa shape index (κ2) is 5.15. The summed E-state index contributed by atoms with van der Waals surface area (Å²) in [6.07, 6.45) is 1.27. The number of ether oxygens (including phenoxy) is 2. The minimum atomic E-state index is 0.0737. The molecule has 3 rings (SSSR count). The van der Waals surface area contributed by atoms with Gasteiger partial charge in [-0.05, 0) is 13.0 Å². The molecule has 3 aliphatic rings. The number of morpholine rings is 2. The molecule has 1 amide bonds. The van der Waals surface area contributed by atoms with E-state index in [1.54, 1.807) is 0 Å². The van der Waals surface area contributed by atoms with Crippen LogP contribution in [0.25, 0.3) is 0 Å². The number of likely N-dealkylation sites (N-methyl/N-ethyl adjacent to an activating group) is 1. The Morgan fingerprint density at radius 1 is 1.28 bits per heavy atom. The summed E-state index contributed by atoms with van der Waals surface area (Å²) < 4.78 is 11.2. The number of carbonyl (C=O) groups is 1. The van der Waals surface area contributed by atoms with Crippen LogP contribution in [0.4, 0.5) is 0 Å². The molecule has 0 N–H and O–H groups in total. The third-order valence-corrected chi connectivity index (χ3v) is 4.32. The maximum absolute atomic E-state index is 12.5. The van der Waals surface area contributed by atoms with E-state index in [-0.39, 0.29) is 24.0 Å². The van der Waals surface area contributed by atoms with E-state index in [9.17, 15) is 4.79 Å². The van der Waals surface area contributed by atoms with Crippen molar-refractivity contribution in [3.63, 3.8) is 0 Å². The summed E-state index contributed by atoms with van der Waals surface area (Å²) in [5.74, 6) is 0.355. The Morgan fingerprint density at radius 3 is 2.78 bits per heavy atom. The topological polar surface area (TPSA) is 42.0 Å². The van der Waals surface area contributed by atoms with Crippen LogP contribution in [-0.4, -0.2) is 73.9 Å². The van der Waals surface area contributed by atoms with Crippen LogP contribution in [0.3, 0.4) is 0 Å². The van der Waals surface area contributed by atoms with Gasteiger partial charge in [-0.2, -0.15) is 0 Å². The normalized spacial score (nSPS) is 36.9. The highest BCUT2D eigenvalue weighted by atomic mass is 16.5. The SMILES string of the molecule is CCN1C[C@H]2C[C@H](C(=O)N3CCOCC3)[C@@H](C1)O2. The van der Waals surface area contributed by atoms with Crippen molar-refractivity contribution < 1.29 is 14.3 Å². The fourth-order valence-corrected chi connectivity index (χ4v) is 3.27. The van der Waals surface area contributed by atoms with Crippen molar-refractivity contribution in [3.05, 3.63) is 0 Å². The quantitative estimate of drug-likeness (QED) is 0.693. The Bertz CT molecular complexity index is 317. The largest absolute Gasteiger partial charge is 0.378 e. The zero-order chi connectivity index (χ0) is 12.5. The van der Waals surface area contributed by atoms with E-state index in [0.717, 1.165) is 39.1 Å². The number of hydrogen-bond donors (Lipinski definition) is 0. The van der Waals surface area contributed by atoms with Crippen LogP contribution < -0.4 is 0 Å².